The number of carbonyl (C=O) groups excluding carboxylic acids is 1. The molecular formula is C46H50Cl2F2N4O10. The Morgan fingerprint density at radius 1 is 0.688 bits per heavy atom. The van der Waals surface area contributed by atoms with Gasteiger partial charge in [-0.25, -0.2) is 18.4 Å². The van der Waals surface area contributed by atoms with Crippen molar-refractivity contribution in [3.63, 3.8) is 0 Å². The van der Waals surface area contributed by atoms with Crippen molar-refractivity contribution in [2.24, 2.45) is 11.8 Å². The Bertz CT molecular complexity index is 2810. The number of hydrogen-bond acceptors (Lipinski definition) is 11. The number of aliphatic hydroxyl groups excluding tert-OH is 2. The topological polar surface area (TPSA) is 192 Å². The van der Waals surface area contributed by atoms with Crippen LogP contribution < -0.4 is 20.3 Å². The number of esters is 1. The number of carbonyl (C=O) groups is 2. The van der Waals surface area contributed by atoms with E-state index in [9.17, 15) is 43.3 Å². The minimum atomic E-state index is -1.39. The van der Waals surface area contributed by atoms with Gasteiger partial charge in [-0.15, -0.1) is 0 Å². The number of nitrogens with zero attached hydrogens (tertiary/aromatic N) is 4. The Kier molecular flexibility index (Phi) is 17.1. The third kappa shape index (κ3) is 10.4. The lowest BCUT2D eigenvalue weighted by atomic mass is 10.0. The summed E-state index contributed by atoms with van der Waals surface area (Å²) in [6.07, 6.45) is 2.63. The maximum absolute atomic E-state index is 14.5. The number of aliphatic hydroxyl groups is 2. The van der Waals surface area contributed by atoms with Gasteiger partial charge in [0.15, 0.2) is 0 Å². The number of halogens is 4. The van der Waals surface area contributed by atoms with Crippen LogP contribution in [0.2, 0.25) is 10.0 Å². The zero-order chi connectivity index (χ0) is 46.4. The fourth-order valence-corrected chi connectivity index (χ4v) is 7.52. The summed E-state index contributed by atoms with van der Waals surface area (Å²) in [5.41, 5.74) is -0.103. The van der Waals surface area contributed by atoms with Gasteiger partial charge in [-0.05, 0) is 47.2 Å². The van der Waals surface area contributed by atoms with Crippen LogP contribution in [0.1, 0.15) is 90.2 Å². The number of pyridine rings is 4. The third-order valence-electron chi connectivity index (χ3n) is 10.6. The molecule has 0 unspecified atom stereocenters. The highest BCUT2D eigenvalue weighted by Gasteiger charge is 2.26. The number of benzene rings is 2. The van der Waals surface area contributed by atoms with Crippen molar-refractivity contribution in [1.29, 1.82) is 0 Å². The summed E-state index contributed by atoms with van der Waals surface area (Å²) >= 11 is 11.8. The molecule has 6 rings (SSSR count). The lowest BCUT2D eigenvalue weighted by Crippen LogP contribution is -2.26. The lowest BCUT2D eigenvalue weighted by molar-refractivity contribution is 0.0596. The van der Waals surface area contributed by atoms with Crippen LogP contribution in [0.25, 0.3) is 22.1 Å². The van der Waals surface area contributed by atoms with E-state index >= 15 is 0 Å². The Hall–Kier alpha value is -5.94. The van der Waals surface area contributed by atoms with Crippen LogP contribution in [0, 0.1) is 23.5 Å². The molecule has 0 spiro atoms. The van der Waals surface area contributed by atoms with Crippen LogP contribution in [-0.4, -0.2) is 80.9 Å². The molecule has 0 aliphatic carbocycles. The van der Waals surface area contributed by atoms with Gasteiger partial charge in [-0.2, -0.15) is 9.97 Å². The van der Waals surface area contributed by atoms with E-state index in [1.807, 2.05) is 27.7 Å². The van der Waals surface area contributed by atoms with Crippen molar-refractivity contribution >= 4 is 57.2 Å². The first-order valence-electron chi connectivity index (χ1n) is 19.6. The quantitative estimate of drug-likeness (QED) is 0.0892. The van der Waals surface area contributed by atoms with Gasteiger partial charge in [-0.1, -0.05) is 82.6 Å². The first-order chi connectivity index (χ1) is 29.9. The molecule has 18 heteroatoms. The summed E-state index contributed by atoms with van der Waals surface area (Å²) in [4.78, 5) is 58.9. The average molecular weight is 928 g/mol. The van der Waals surface area contributed by atoms with Crippen LogP contribution >= 0.6 is 23.2 Å². The number of carboxylic acids is 1. The molecular weight excluding hydrogens is 877 g/mol. The number of rotatable bonds is 14. The SMILES string of the molecule is C.COC(=O)c1cn([C@@H](CO)C(C)C)c2nc(OC)c(Cc3cccc(Cl)c3F)cc2c1=O.COc1nc2c(cc1Cc1cccc(Cl)c1F)c(=O)c(C(=O)O)cn2[C@H](CO)C(C)C. The van der Waals surface area contributed by atoms with Gasteiger partial charge in [0.2, 0.25) is 22.6 Å². The van der Waals surface area contributed by atoms with Crippen molar-refractivity contribution in [3.05, 3.63) is 136 Å². The molecule has 4 aromatic heterocycles. The Morgan fingerprint density at radius 2 is 1.08 bits per heavy atom. The standard InChI is InChI=1S/C23H24ClFN2O5.C22H22ClFN2O5.CH4/c1-12(2)18(11-28)27-10-16(23(30)32-4)20(29)15-9-14(22(31-3)26-21(15)27)8-13-6-5-7-17(24)19(13)25;1-11(2)17(10-27)26-9-15(22(29)30)19(28)14-8-13(21(31-3)25-20(14)26)7-12-5-4-6-16(23)18(12)24;/h5-7,9-10,12,18,28H,8,11H2,1-4H3;4-6,8-9,11,17,27H,7,10H2,1-3H3,(H,29,30);1H4/t18-;17-;/m01./s1. The highest BCUT2D eigenvalue weighted by atomic mass is 35.5. The first kappa shape index (κ1) is 50.7. The second-order valence-corrected chi connectivity index (χ2v) is 16.0. The lowest BCUT2D eigenvalue weighted by Gasteiger charge is -2.24. The number of methoxy groups -OCH3 is 3. The minimum absolute atomic E-state index is 0. The molecule has 0 amide bonds. The second-order valence-electron chi connectivity index (χ2n) is 15.2. The van der Waals surface area contributed by atoms with Gasteiger partial charge in [0.25, 0.3) is 0 Å². The third-order valence-corrected chi connectivity index (χ3v) is 11.1. The van der Waals surface area contributed by atoms with E-state index in [4.69, 9.17) is 37.4 Å². The van der Waals surface area contributed by atoms with E-state index in [-0.39, 0.29) is 100 Å². The highest BCUT2D eigenvalue weighted by Crippen LogP contribution is 2.31. The maximum atomic E-state index is 14.5. The van der Waals surface area contributed by atoms with Crippen molar-refractivity contribution in [2.45, 2.75) is 60.0 Å². The average Bonchev–Trinajstić information content (AvgIpc) is 3.25. The predicted octanol–water partition coefficient (Wildman–Crippen LogP) is 8.08. The fourth-order valence-electron chi connectivity index (χ4n) is 7.13. The summed E-state index contributed by atoms with van der Waals surface area (Å²) in [6.45, 7) is 6.99. The van der Waals surface area contributed by atoms with Crippen LogP contribution in [0.3, 0.4) is 0 Å². The van der Waals surface area contributed by atoms with E-state index in [1.165, 1.54) is 62.6 Å². The van der Waals surface area contributed by atoms with Gasteiger partial charge in [-0.3, -0.25) is 9.59 Å². The summed E-state index contributed by atoms with van der Waals surface area (Å²) in [7, 11) is 4.00. The van der Waals surface area contributed by atoms with Crippen LogP contribution in [0.4, 0.5) is 8.78 Å². The van der Waals surface area contributed by atoms with Gasteiger partial charge in [0.1, 0.15) is 34.1 Å². The Labute approximate surface area is 377 Å². The molecule has 3 N–H and O–H groups in total. The van der Waals surface area contributed by atoms with Crippen molar-refractivity contribution in [3.8, 4) is 11.8 Å². The molecule has 6 aromatic rings. The van der Waals surface area contributed by atoms with Crippen LogP contribution in [0.15, 0.2) is 70.5 Å². The van der Waals surface area contributed by atoms with E-state index in [0.29, 0.717) is 16.7 Å². The minimum Gasteiger partial charge on any atom is -0.481 e. The molecule has 14 nitrogen and oxygen atoms in total. The first-order valence-corrected chi connectivity index (χ1v) is 20.3. The van der Waals surface area contributed by atoms with Crippen LogP contribution in [0.5, 0.6) is 11.8 Å². The molecule has 2 atom stereocenters. The molecule has 0 aliphatic rings. The number of fused-ring (bicyclic) bond motifs is 2. The zero-order valence-corrected chi connectivity index (χ0v) is 36.9. The number of carboxylic acid groups (broad SMARTS) is 1. The van der Waals surface area contributed by atoms with E-state index < -0.39 is 52.1 Å². The number of hydrogen-bond donors (Lipinski definition) is 3. The predicted molar refractivity (Wildman–Crippen MR) is 240 cm³/mol. The number of aromatic nitrogens is 4. The monoisotopic (exact) mass is 926 g/mol. The largest absolute Gasteiger partial charge is 0.481 e. The second kappa shape index (κ2) is 21.6. The van der Waals surface area contributed by atoms with E-state index in [1.54, 1.807) is 28.8 Å². The summed E-state index contributed by atoms with van der Waals surface area (Å²) in [6, 6.07) is 11.2. The van der Waals surface area contributed by atoms with E-state index in [0.717, 1.165) is 0 Å². The molecule has 0 radical (unpaired) electrons. The fraction of sp³-hybridized carbons (Fsp3) is 0.348. The Balaban J connectivity index is 0.000000276. The summed E-state index contributed by atoms with van der Waals surface area (Å²) < 4.78 is 47.6. The molecule has 64 heavy (non-hydrogen) atoms. The normalized spacial score (nSPS) is 12.1. The molecule has 0 fully saturated rings. The van der Waals surface area contributed by atoms with Gasteiger partial charge >= 0.3 is 11.9 Å². The zero-order valence-electron chi connectivity index (χ0n) is 35.4. The molecule has 0 saturated heterocycles. The number of ether oxygens (including phenoxy) is 3. The molecule has 342 valence electrons. The van der Waals surface area contributed by atoms with Gasteiger partial charge in [0, 0.05) is 36.4 Å². The van der Waals surface area contributed by atoms with Crippen molar-refractivity contribution in [2.75, 3.05) is 34.5 Å². The number of aromatic carboxylic acids is 1. The van der Waals surface area contributed by atoms with E-state index in [2.05, 4.69) is 9.97 Å². The van der Waals surface area contributed by atoms with Crippen LogP contribution in [-0.2, 0) is 17.6 Å². The molecule has 0 aliphatic heterocycles. The van der Waals surface area contributed by atoms with Gasteiger partial charge in [0.05, 0.1) is 67.4 Å². The molecule has 2 aromatic carbocycles. The Morgan fingerprint density at radius 3 is 1.42 bits per heavy atom. The maximum Gasteiger partial charge on any atom is 0.343 e. The molecule has 4 heterocycles. The van der Waals surface area contributed by atoms with Crippen molar-refractivity contribution in [1.82, 2.24) is 19.1 Å². The highest BCUT2D eigenvalue weighted by molar-refractivity contribution is 6.31. The smallest absolute Gasteiger partial charge is 0.343 e. The summed E-state index contributed by atoms with van der Waals surface area (Å²) in [5, 5.41) is 29.5. The van der Waals surface area contributed by atoms with Gasteiger partial charge < -0.3 is 38.7 Å². The summed E-state index contributed by atoms with van der Waals surface area (Å²) in [5.74, 6) is -3.13. The molecule has 0 saturated carbocycles. The molecule has 0 bridgehead atoms. The van der Waals surface area contributed by atoms with Crippen molar-refractivity contribution < 1.29 is 47.9 Å².